The maximum atomic E-state index is 6.60. The minimum absolute atomic E-state index is 0.128. The molecule has 8 heteroatoms. The molecular formula is C23H17ClN4OS2. The zero-order valence-electron chi connectivity index (χ0n) is 16.4. The van der Waals surface area contributed by atoms with Gasteiger partial charge in [0.05, 0.1) is 5.70 Å². The summed E-state index contributed by atoms with van der Waals surface area (Å²) in [6.45, 7) is 0. The third-order valence-electron chi connectivity index (χ3n) is 5.51. The minimum Gasteiger partial charge on any atom is -0.480 e. The zero-order valence-corrected chi connectivity index (χ0v) is 18.8. The fourth-order valence-corrected chi connectivity index (χ4v) is 5.54. The number of halogens is 1. The number of rotatable bonds is 3. The van der Waals surface area contributed by atoms with Gasteiger partial charge in [-0.15, -0.1) is 16.4 Å². The Morgan fingerprint density at radius 3 is 2.77 bits per heavy atom. The number of nitrogens with zero attached hydrogens (tertiary/aromatic N) is 3. The van der Waals surface area contributed by atoms with Crippen LogP contribution in [0.25, 0.3) is 5.70 Å². The minimum atomic E-state index is -0.264. The van der Waals surface area contributed by atoms with E-state index in [0.717, 1.165) is 39.3 Å². The van der Waals surface area contributed by atoms with E-state index in [1.54, 1.807) is 11.3 Å². The number of nitrogens with one attached hydrogen (secondary N) is 1. The molecule has 2 aliphatic rings. The second kappa shape index (κ2) is 7.44. The van der Waals surface area contributed by atoms with Gasteiger partial charge in [-0.2, -0.15) is 4.98 Å². The van der Waals surface area contributed by atoms with Crippen LogP contribution in [0.4, 0.5) is 5.95 Å². The SMILES string of the molecule is CSc1nc2n(n1)C(c1cccs1)C1=C(N2)c2cc(Cl)ccc2OC1c1ccccc1. The summed E-state index contributed by atoms with van der Waals surface area (Å²) in [6.07, 6.45) is 1.72. The molecule has 2 aromatic heterocycles. The number of hydrogen-bond donors (Lipinski definition) is 1. The highest BCUT2D eigenvalue weighted by Gasteiger charge is 2.41. The van der Waals surface area contributed by atoms with E-state index in [9.17, 15) is 0 Å². The monoisotopic (exact) mass is 464 g/mol. The summed E-state index contributed by atoms with van der Waals surface area (Å²) in [7, 11) is 0. The van der Waals surface area contributed by atoms with Crippen LogP contribution in [0, 0.1) is 0 Å². The molecule has 31 heavy (non-hydrogen) atoms. The third kappa shape index (κ3) is 3.07. The van der Waals surface area contributed by atoms with Gasteiger partial charge in [-0.25, -0.2) is 4.68 Å². The van der Waals surface area contributed by atoms with Crippen molar-refractivity contribution in [1.82, 2.24) is 14.8 Å². The molecule has 0 radical (unpaired) electrons. The van der Waals surface area contributed by atoms with Crippen LogP contribution in [0.2, 0.25) is 5.02 Å². The molecule has 2 aliphatic heterocycles. The average molecular weight is 465 g/mol. The van der Waals surface area contributed by atoms with Gasteiger partial charge in [-0.3, -0.25) is 0 Å². The van der Waals surface area contributed by atoms with Gasteiger partial charge in [0.15, 0.2) is 0 Å². The van der Waals surface area contributed by atoms with E-state index in [0.29, 0.717) is 5.02 Å². The maximum absolute atomic E-state index is 6.60. The summed E-state index contributed by atoms with van der Waals surface area (Å²) in [6, 6.07) is 20.1. The molecule has 0 saturated heterocycles. The Kier molecular flexibility index (Phi) is 4.56. The largest absolute Gasteiger partial charge is 0.480 e. The Morgan fingerprint density at radius 1 is 1.13 bits per heavy atom. The number of thiophene rings is 1. The molecule has 2 atom stereocenters. The van der Waals surface area contributed by atoms with Crippen LogP contribution >= 0.6 is 34.7 Å². The number of hydrogen-bond acceptors (Lipinski definition) is 6. The van der Waals surface area contributed by atoms with Crippen LogP contribution < -0.4 is 10.1 Å². The van der Waals surface area contributed by atoms with E-state index in [2.05, 4.69) is 35.0 Å². The summed E-state index contributed by atoms with van der Waals surface area (Å²) < 4.78 is 8.58. The van der Waals surface area contributed by atoms with Crippen molar-refractivity contribution in [2.75, 3.05) is 11.6 Å². The average Bonchev–Trinajstić information content (AvgIpc) is 3.47. The van der Waals surface area contributed by atoms with Gasteiger partial charge in [-0.05, 0) is 41.5 Å². The van der Waals surface area contributed by atoms with E-state index in [1.807, 2.05) is 47.3 Å². The van der Waals surface area contributed by atoms with Crippen LogP contribution in [0.1, 0.15) is 28.1 Å². The molecule has 1 N–H and O–H groups in total. The molecule has 0 fully saturated rings. The first-order chi connectivity index (χ1) is 15.2. The molecule has 0 amide bonds. The second-order valence-electron chi connectivity index (χ2n) is 7.29. The topological polar surface area (TPSA) is 52.0 Å². The molecular weight excluding hydrogens is 448 g/mol. The van der Waals surface area contributed by atoms with Crippen molar-refractivity contribution in [1.29, 1.82) is 0 Å². The van der Waals surface area contributed by atoms with E-state index < -0.39 is 0 Å². The van der Waals surface area contributed by atoms with Crippen molar-refractivity contribution in [2.45, 2.75) is 17.3 Å². The quantitative estimate of drug-likeness (QED) is 0.362. The summed E-state index contributed by atoms with van der Waals surface area (Å²) >= 11 is 9.62. The van der Waals surface area contributed by atoms with Crippen molar-refractivity contribution in [3.63, 3.8) is 0 Å². The number of thioether (sulfide) groups is 1. The standard InChI is InChI=1S/C23H17ClN4OS2/c1-30-23-26-22-25-19-15-12-14(24)9-10-16(15)29-21(13-6-3-2-4-7-13)18(19)20(28(22)27-23)17-8-5-11-31-17/h2-12,20-21H,1H3,(H,25,26,27). The Hall–Kier alpha value is -2.74. The molecule has 2 unspecified atom stereocenters. The number of benzene rings is 2. The number of fused-ring (bicyclic) bond motifs is 3. The van der Waals surface area contributed by atoms with E-state index in [1.165, 1.54) is 16.6 Å². The predicted molar refractivity (Wildman–Crippen MR) is 126 cm³/mol. The van der Waals surface area contributed by atoms with Crippen molar-refractivity contribution in [2.24, 2.45) is 0 Å². The fraction of sp³-hybridized carbons (Fsp3) is 0.130. The summed E-state index contributed by atoms with van der Waals surface area (Å²) in [5, 5.41) is 11.8. The van der Waals surface area contributed by atoms with Crippen LogP contribution in [-0.4, -0.2) is 21.0 Å². The molecule has 0 saturated carbocycles. The first-order valence-electron chi connectivity index (χ1n) is 9.79. The molecule has 0 aliphatic carbocycles. The van der Waals surface area contributed by atoms with Crippen molar-refractivity contribution in [3.8, 4) is 5.75 Å². The van der Waals surface area contributed by atoms with Crippen LogP contribution in [0.15, 0.2) is 76.8 Å². The number of ether oxygens (including phenoxy) is 1. The van der Waals surface area contributed by atoms with Crippen molar-refractivity contribution >= 4 is 46.3 Å². The van der Waals surface area contributed by atoms with Gasteiger partial charge in [0, 0.05) is 21.0 Å². The van der Waals surface area contributed by atoms with Gasteiger partial charge < -0.3 is 10.1 Å². The predicted octanol–water partition coefficient (Wildman–Crippen LogP) is 6.27. The number of aromatic nitrogens is 3. The van der Waals surface area contributed by atoms with Crippen LogP contribution in [0.3, 0.4) is 0 Å². The first-order valence-corrected chi connectivity index (χ1v) is 12.3. The van der Waals surface area contributed by atoms with Crippen molar-refractivity contribution < 1.29 is 4.74 Å². The summed E-state index contributed by atoms with van der Waals surface area (Å²) in [5.74, 6) is 1.52. The highest BCUT2D eigenvalue weighted by molar-refractivity contribution is 7.98. The lowest BCUT2D eigenvalue weighted by Crippen LogP contribution is -2.32. The molecule has 4 heterocycles. The summed E-state index contributed by atoms with van der Waals surface area (Å²) in [5.41, 5.74) is 4.13. The lowest BCUT2D eigenvalue weighted by Gasteiger charge is -2.38. The Bertz CT molecular complexity index is 1300. The summed E-state index contributed by atoms with van der Waals surface area (Å²) in [4.78, 5) is 5.90. The highest BCUT2D eigenvalue weighted by Crippen LogP contribution is 2.51. The Labute approximate surface area is 192 Å². The van der Waals surface area contributed by atoms with E-state index >= 15 is 0 Å². The lowest BCUT2D eigenvalue weighted by atomic mass is 9.87. The van der Waals surface area contributed by atoms with E-state index in [-0.39, 0.29) is 12.1 Å². The molecule has 5 nitrogen and oxygen atoms in total. The van der Waals surface area contributed by atoms with Gasteiger partial charge in [-0.1, -0.05) is 59.8 Å². The smallest absolute Gasteiger partial charge is 0.227 e. The first kappa shape index (κ1) is 19.0. The van der Waals surface area contributed by atoms with Gasteiger partial charge >= 0.3 is 0 Å². The van der Waals surface area contributed by atoms with Gasteiger partial charge in [0.2, 0.25) is 11.1 Å². The number of anilines is 1. The molecule has 6 rings (SSSR count). The molecule has 0 bridgehead atoms. The molecule has 154 valence electrons. The van der Waals surface area contributed by atoms with Crippen LogP contribution in [-0.2, 0) is 0 Å². The Morgan fingerprint density at radius 2 is 2.00 bits per heavy atom. The highest BCUT2D eigenvalue weighted by atomic mass is 35.5. The molecule has 0 spiro atoms. The molecule has 2 aromatic carbocycles. The van der Waals surface area contributed by atoms with Crippen molar-refractivity contribution in [3.05, 3.63) is 92.6 Å². The third-order valence-corrected chi connectivity index (χ3v) is 7.21. The molecule has 4 aromatic rings. The maximum Gasteiger partial charge on any atom is 0.227 e. The van der Waals surface area contributed by atoms with Gasteiger partial charge in [0.1, 0.15) is 17.9 Å². The fourth-order valence-electron chi connectivity index (χ4n) is 4.19. The zero-order chi connectivity index (χ0) is 20.9. The normalized spacial score (nSPS) is 19.2. The van der Waals surface area contributed by atoms with Gasteiger partial charge in [0.25, 0.3) is 0 Å². The lowest BCUT2D eigenvalue weighted by molar-refractivity contribution is 0.223. The Balaban J connectivity index is 1.64. The van der Waals surface area contributed by atoms with E-state index in [4.69, 9.17) is 26.4 Å². The van der Waals surface area contributed by atoms with Crippen LogP contribution in [0.5, 0.6) is 5.75 Å². The second-order valence-corrected chi connectivity index (χ2v) is 9.48.